The number of anilines is 1. The highest BCUT2D eigenvalue weighted by molar-refractivity contribution is 5.83. The van der Waals surface area contributed by atoms with Gasteiger partial charge in [-0.15, -0.1) is 0 Å². The van der Waals surface area contributed by atoms with Crippen molar-refractivity contribution in [2.75, 3.05) is 11.9 Å². The van der Waals surface area contributed by atoms with Crippen LogP contribution in [0.15, 0.2) is 55.0 Å². The smallest absolute Gasteiger partial charge is 0.239 e. The molecule has 0 amide bonds. The molecule has 0 spiro atoms. The topological polar surface area (TPSA) is 58.7 Å². The first-order chi connectivity index (χ1) is 11.3. The summed E-state index contributed by atoms with van der Waals surface area (Å²) in [7, 11) is 2.09. The van der Waals surface area contributed by atoms with Gasteiger partial charge in [-0.05, 0) is 18.2 Å². The van der Waals surface area contributed by atoms with Crippen molar-refractivity contribution < 1.29 is 9.55 Å². The fourth-order valence-corrected chi connectivity index (χ4v) is 2.90. The lowest BCUT2D eigenvalue weighted by atomic mass is 10.2. The lowest BCUT2D eigenvalue weighted by Gasteiger charge is -2.06. The second kappa shape index (κ2) is 5.68. The molecule has 5 heteroatoms. The molecule has 0 aliphatic heterocycles. The number of nitrogens with zero attached hydrogens (tertiary/aromatic N) is 2. The zero-order valence-electron chi connectivity index (χ0n) is 13.0. The number of aromatic nitrogens is 4. The third-order valence-corrected chi connectivity index (χ3v) is 4.14. The Balaban J connectivity index is 1.64. The van der Waals surface area contributed by atoms with E-state index in [4.69, 9.17) is 4.98 Å². The Morgan fingerprint density at radius 2 is 2.00 bits per heavy atom. The molecule has 5 nitrogen and oxygen atoms in total. The summed E-state index contributed by atoms with van der Waals surface area (Å²) in [6, 6.07) is 14.5. The molecule has 0 aliphatic rings. The van der Waals surface area contributed by atoms with Crippen LogP contribution in [0.2, 0.25) is 0 Å². The fraction of sp³-hybridized carbons (Fsp3) is 0.167. The molecule has 4 rings (SSSR count). The van der Waals surface area contributed by atoms with Gasteiger partial charge in [-0.25, -0.2) is 9.97 Å². The third-order valence-electron chi connectivity index (χ3n) is 4.14. The van der Waals surface area contributed by atoms with Crippen molar-refractivity contribution in [1.29, 1.82) is 0 Å². The van der Waals surface area contributed by atoms with Crippen LogP contribution in [0.5, 0.6) is 0 Å². The SMILES string of the molecule is C[n+]1c2ccccc2nc2ccc(NCCc3c[nH+]c[nH]3)cc21. The maximum Gasteiger partial charge on any atom is 0.239 e. The van der Waals surface area contributed by atoms with E-state index in [9.17, 15) is 0 Å². The summed E-state index contributed by atoms with van der Waals surface area (Å²) in [6.45, 7) is 0.880. The first kappa shape index (κ1) is 13.7. The normalized spacial score (nSPS) is 11.2. The van der Waals surface area contributed by atoms with E-state index >= 15 is 0 Å². The number of para-hydroxylation sites is 2. The molecular weight excluding hydrogens is 286 g/mol. The van der Waals surface area contributed by atoms with E-state index in [1.54, 1.807) is 0 Å². The average molecular weight is 305 g/mol. The van der Waals surface area contributed by atoms with Crippen molar-refractivity contribution in [3.63, 3.8) is 0 Å². The Morgan fingerprint density at radius 3 is 2.87 bits per heavy atom. The minimum absolute atomic E-state index is 0.880. The first-order valence-electron chi connectivity index (χ1n) is 7.77. The second-order valence-corrected chi connectivity index (χ2v) is 5.66. The molecule has 0 unspecified atom stereocenters. The molecule has 0 fully saturated rings. The highest BCUT2D eigenvalue weighted by Gasteiger charge is 2.13. The highest BCUT2D eigenvalue weighted by atomic mass is 15.0. The third kappa shape index (κ3) is 2.61. The van der Waals surface area contributed by atoms with E-state index in [0.717, 1.165) is 40.7 Å². The monoisotopic (exact) mass is 305 g/mol. The largest absolute Gasteiger partial charge is 0.384 e. The van der Waals surface area contributed by atoms with Gasteiger partial charge in [0.05, 0.1) is 0 Å². The number of aromatic amines is 2. The molecule has 0 atom stereocenters. The van der Waals surface area contributed by atoms with Crippen LogP contribution in [0.4, 0.5) is 5.69 Å². The van der Waals surface area contributed by atoms with Gasteiger partial charge < -0.3 is 5.32 Å². The molecule has 2 aromatic carbocycles. The Hall–Kier alpha value is -2.95. The van der Waals surface area contributed by atoms with Crippen LogP contribution in [-0.2, 0) is 13.5 Å². The van der Waals surface area contributed by atoms with E-state index < -0.39 is 0 Å². The summed E-state index contributed by atoms with van der Waals surface area (Å²) in [6.07, 6.45) is 4.77. The summed E-state index contributed by atoms with van der Waals surface area (Å²) in [4.78, 5) is 10.9. The van der Waals surface area contributed by atoms with Crippen LogP contribution in [0.25, 0.3) is 22.1 Å². The van der Waals surface area contributed by atoms with Crippen LogP contribution < -0.4 is 14.9 Å². The highest BCUT2D eigenvalue weighted by Crippen LogP contribution is 2.18. The minimum atomic E-state index is 0.880. The number of nitrogens with one attached hydrogen (secondary N) is 3. The Kier molecular flexibility index (Phi) is 3.38. The summed E-state index contributed by atoms with van der Waals surface area (Å²) in [5.41, 5.74) is 6.60. The molecule has 0 radical (unpaired) electrons. The molecule has 114 valence electrons. The molecule has 2 heterocycles. The van der Waals surface area contributed by atoms with Crippen molar-refractivity contribution in [1.82, 2.24) is 9.97 Å². The zero-order chi connectivity index (χ0) is 15.6. The first-order valence-corrected chi connectivity index (χ1v) is 7.77. The maximum absolute atomic E-state index is 4.74. The van der Waals surface area contributed by atoms with Gasteiger partial charge in [0.2, 0.25) is 17.4 Å². The van der Waals surface area contributed by atoms with Crippen molar-refractivity contribution in [2.45, 2.75) is 6.42 Å². The number of imidazole rings is 1. The Labute approximate surface area is 134 Å². The number of hydrogen-bond donors (Lipinski definition) is 2. The summed E-state index contributed by atoms with van der Waals surface area (Å²) >= 11 is 0. The molecule has 3 N–H and O–H groups in total. The number of fused-ring (bicyclic) bond motifs is 2. The molecule has 0 saturated heterocycles. The van der Waals surface area contributed by atoms with Crippen LogP contribution in [-0.4, -0.2) is 16.5 Å². The number of hydrogen-bond acceptors (Lipinski definition) is 2. The van der Waals surface area contributed by atoms with Gasteiger partial charge in [0.1, 0.15) is 30.0 Å². The summed E-state index contributed by atoms with van der Waals surface area (Å²) in [5, 5.41) is 3.48. The van der Waals surface area contributed by atoms with Gasteiger partial charge in [-0.2, -0.15) is 4.57 Å². The van der Waals surface area contributed by atoms with Gasteiger partial charge in [0.25, 0.3) is 0 Å². The van der Waals surface area contributed by atoms with E-state index in [-0.39, 0.29) is 0 Å². The van der Waals surface area contributed by atoms with Crippen LogP contribution >= 0.6 is 0 Å². The summed E-state index contributed by atoms with van der Waals surface area (Å²) in [5.74, 6) is 0. The van der Waals surface area contributed by atoms with E-state index in [0.29, 0.717) is 0 Å². The molecule has 4 aromatic rings. The van der Waals surface area contributed by atoms with E-state index in [2.05, 4.69) is 51.2 Å². The van der Waals surface area contributed by atoms with Gasteiger partial charge in [0, 0.05) is 30.8 Å². The second-order valence-electron chi connectivity index (χ2n) is 5.66. The molecule has 23 heavy (non-hydrogen) atoms. The van der Waals surface area contributed by atoms with Gasteiger partial charge in [-0.1, -0.05) is 12.1 Å². The Morgan fingerprint density at radius 1 is 1.13 bits per heavy atom. The lowest BCUT2D eigenvalue weighted by Crippen LogP contribution is -2.30. The number of aryl methyl sites for hydroxylation is 1. The van der Waals surface area contributed by atoms with Crippen molar-refractivity contribution >= 4 is 27.8 Å². The number of benzene rings is 2. The van der Waals surface area contributed by atoms with E-state index in [1.165, 1.54) is 5.69 Å². The van der Waals surface area contributed by atoms with Gasteiger partial charge >= 0.3 is 0 Å². The van der Waals surface area contributed by atoms with Gasteiger partial charge in [-0.3, -0.25) is 4.98 Å². The number of rotatable bonds is 4. The van der Waals surface area contributed by atoms with Crippen LogP contribution in [0.1, 0.15) is 5.69 Å². The predicted molar refractivity (Wildman–Crippen MR) is 90.0 cm³/mol. The van der Waals surface area contributed by atoms with Crippen molar-refractivity contribution in [3.05, 3.63) is 60.7 Å². The lowest BCUT2D eigenvalue weighted by molar-refractivity contribution is -0.617. The Bertz CT molecular complexity index is 960. The number of H-pyrrole nitrogens is 2. The average Bonchev–Trinajstić information content (AvgIpc) is 3.09. The van der Waals surface area contributed by atoms with Crippen LogP contribution in [0, 0.1) is 0 Å². The molecule has 0 bridgehead atoms. The molecular formula is C18H19N5+2. The predicted octanol–water partition coefficient (Wildman–Crippen LogP) is 2.01. The zero-order valence-corrected chi connectivity index (χ0v) is 13.0. The standard InChI is InChI=1S/C18H17N5/c1-23-17-5-3-2-4-15(17)22-16-7-6-13(10-18(16)23)20-9-8-14-11-19-12-21-14/h2-7,10-12H,8-9H2,1H3,(H,19,21)/p+2. The molecule has 0 aliphatic carbocycles. The van der Waals surface area contributed by atoms with E-state index in [1.807, 2.05) is 30.7 Å². The maximum atomic E-state index is 4.74. The minimum Gasteiger partial charge on any atom is -0.384 e. The fourth-order valence-electron chi connectivity index (χ4n) is 2.90. The van der Waals surface area contributed by atoms with Crippen LogP contribution in [0.3, 0.4) is 0 Å². The molecule has 0 saturated carbocycles. The molecule has 2 aromatic heterocycles. The summed E-state index contributed by atoms with van der Waals surface area (Å²) < 4.78 is 2.20. The quantitative estimate of drug-likeness (QED) is 0.447. The van der Waals surface area contributed by atoms with Crippen molar-refractivity contribution in [3.8, 4) is 0 Å². The van der Waals surface area contributed by atoms with Crippen molar-refractivity contribution in [2.24, 2.45) is 7.05 Å². The van der Waals surface area contributed by atoms with Gasteiger partial charge in [0.15, 0.2) is 0 Å².